The third-order valence-corrected chi connectivity index (χ3v) is 2.85. The lowest BCUT2D eigenvalue weighted by Gasteiger charge is -2.07. The Hall–Kier alpha value is -1.43. The van der Waals surface area contributed by atoms with Crippen molar-refractivity contribution in [2.45, 2.75) is 11.8 Å². The Morgan fingerprint density at radius 2 is 2.29 bits per heavy atom. The first-order chi connectivity index (χ1) is 8.19. The summed E-state index contributed by atoms with van der Waals surface area (Å²) in [5.41, 5.74) is 8.88. The van der Waals surface area contributed by atoms with Crippen molar-refractivity contribution in [2.24, 2.45) is 5.11 Å². The molecule has 0 N–H and O–H groups in total. The van der Waals surface area contributed by atoms with Crippen LogP contribution in [0.5, 0.6) is 5.75 Å². The van der Waals surface area contributed by atoms with Gasteiger partial charge < -0.3 is 9.47 Å². The molecule has 0 aromatic heterocycles. The molecular weight excluding hydrogens is 258 g/mol. The zero-order chi connectivity index (χ0) is 12.7. The molecule has 0 fully saturated rings. The molecule has 0 atom stereocenters. The molecular formula is C10H11N3O2S2. The van der Waals surface area contributed by atoms with Crippen molar-refractivity contribution < 1.29 is 9.47 Å². The molecule has 5 nitrogen and oxygen atoms in total. The average molecular weight is 269 g/mol. The number of hydrogen-bond donors (Lipinski definition) is 0. The summed E-state index contributed by atoms with van der Waals surface area (Å²) in [7, 11) is 1.55. The van der Waals surface area contributed by atoms with Crippen molar-refractivity contribution >= 4 is 34.0 Å². The Morgan fingerprint density at radius 1 is 1.53 bits per heavy atom. The second-order valence-corrected chi connectivity index (χ2v) is 4.52. The fourth-order valence-electron chi connectivity index (χ4n) is 1.09. The highest BCUT2D eigenvalue weighted by Gasteiger charge is 2.05. The topological polar surface area (TPSA) is 67.2 Å². The zero-order valence-corrected chi connectivity index (χ0v) is 11.0. The van der Waals surface area contributed by atoms with E-state index in [4.69, 9.17) is 27.2 Å². The molecule has 0 aliphatic rings. The van der Waals surface area contributed by atoms with E-state index >= 15 is 0 Å². The first-order valence-corrected chi connectivity index (χ1v) is 6.01. The summed E-state index contributed by atoms with van der Waals surface area (Å²) in [4.78, 5) is 3.54. The van der Waals surface area contributed by atoms with Crippen LogP contribution >= 0.6 is 24.0 Å². The van der Waals surface area contributed by atoms with Crippen molar-refractivity contribution in [1.82, 2.24) is 0 Å². The number of rotatable bonds is 4. The summed E-state index contributed by atoms with van der Waals surface area (Å²) in [6.07, 6.45) is 0. The van der Waals surface area contributed by atoms with Crippen LogP contribution in [-0.4, -0.2) is 18.1 Å². The monoisotopic (exact) mass is 269 g/mol. The van der Waals surface area contributed by atoms with Gasteiger partial charge in [-0.3, -0.25) is 0 Å². The number of hydrogen-bond acceptors (Lipinski definition) is 5. The average Bonchev–Trinajstić information content (AvgIpc) is 2.29. The molecule has 0 radical (unpaired) electrons. The standard InChI is InChI=1S/C10H11N3O2S2/c1-3-15-10(16)17-9-5-7(12-13-11)4-8(6-9)14-2/h4-6H,3H2,1-2H3. The molecule has 1 aromatic carbocycles. The van der Waals surface area contributed by atoms with E-state index in [9.17, 15) is 0 Å². The maximum Gasteiger partial charge on any atom is 0.224 e. The number of thiocarbonyl (C=S) groups is 1. The summed E-state index contributed by atoms with van der Waals surface area (Å²) in [6, 6.07) is 5.16. The van der Waals surface area contributed by atoms with Gasteiger partial charge in [-0.1, -0.05) is 5.11 Å². The molecule has 0 saturated carbocycles. The highest BCUT2D eigenvalue weighted by atomic mass is 32.2. The number of benzene rings is 1. The Bertz CT molecular complexity index is 459. The van der Waals surface area contributed by atoms with Gasteiger partial charge in [-0.2, -0.15) is 0 Å². The fraction of sp³-hybridized carbons (Fsp3) is 0.300. The van der Waals surface area contributed by atoms with Crippen LogP contribution in [0.3, 0.4) is 0 Å². The second-order valence-electron chi connectivity index (χ2n) is 2.84. The van der Waals surface area contributed by atoms with Crippen molar-refractivity contribution in [2.75, 3.05) is 13.7 Å². The molecule has 17 heavy (non-hydrogen) atoms. The zero-order valence-electron chi connectivity index (χ0n) is 9.41. The molecule has 1 rings (SSSR count). The third kappa shape index (κ3) is 4.52. The summed E-state index contributed by atoms with van der Waals surface area (Å²) < 4.78 is 10.7. The molecule has 0 aliphatic carbocycles. The van der Waals surface area contributed by atoms with Crippen LogP contribution < -0.4 is 4.74 Å². The van der Waals surface area contributed by atoms with Crippen molar-refractivity contribution in [1.29, 1.82) is 0 Å². The Kier molecular flexibility index (Phi) is 5.62. The van der Waals surface area contributed by atoms with Crippen LogP contribution in [-0.2, 0) is 4.74 Å². The molecule has 0 bridgehead atoms. The molecule has 0 saturated heterocycles. The highest BCUT2D eigenvalue weighted by molar-refractivity contribution is 8.22. The summed E-state index contributed by atoms with van der Waals surface area (Å²) in [5, 5.41) is 3.53. The van der Waals surface area contributed by atoms with E-state index in [2.05, 4.69) is 10.0 Å². The van der Waals surface area contributed by atoms with Gasteiger partial charge in [-0.15, -0.1) is 0 Å². The normalized spacial score (nSPS) is 9.29. The first kappa shape index (κ1) is 13.6. The lowest BCUT2D eigenvalue weighted by atomic mass is 10.3. The van der Waals surface area contributed by atoms with Gasteiger partial charge >= 0.3 is 0 Å². The van der Waals surface area contributed by atoms with Gasteiger partial charge in [0.1, 0.15) is 5.75 Å². The minimum absolute atomic E-state index is 0.424. The van der Waals surface area contributed by atoms with Crippen LogP contribution in [0.1, 0.15) is 6.92 Å². The fourth-order valence-corrected chi connectivity index (χ4v) is 2.22. The van der Waals surface area contributed by atoms with Crippen LogP contribution in [0.4, 0.5) is 5.69 Å². The molecule has 1 aromatic rings. The molecule has 0 unspecified atom stereocenters. The number of nitrogens with zero attached hydrogens (tertiary/aromatic N) is 3. The quantitative estimate of drug-likeness (QED) is 0.272. The first-order valence-electron chi connectivity index (χ1n) is 4.78. The van der Waals surface area contributed by atoms with E-state index in [-0.39, 0.29) is 0 Å². The van der Waals surface area contributed by atoms with Crippen LogP contribution in [0.2, 0.25) is 0 Å². The Balaban J connectivity index is 2.94. The molecule has 90 valence electrons. The maximum atomic E-state index is 8.40. The number of ether oxygens (including phenoxy) is 2. The van der Waals surface area contributed by atoms with Gasteiger partial charge in [-0.05, 0) is 54.6 Å². The number of methoxy groups -OCH3 is 1. The Labute approximate surface area is 109 Å². The van der Waals surface area contributed by atoms with E-state index in [1.807, 2.05) is 6.92 Å². The van der Waals surface area contributed by atoms with E-state index in [1.165, 1.54) is 11.8 Å². The molecule has 0 spiro atoms. The predicted molar refractivity (Wildman–Crippen MR) is 71.9 cm³/mol. The van der Waals surface area contributed by atoms with E-state index in [0.717, 1.165) is 4.90 Å². The summed E-state index contributed by atoms with van der Waals surface area (Å²) in [6.45, 7) is 2.39. The highest BCUT2D eigenvalue weighted by Crippen LogP contribution is 2.30. The molecule has 0 heterocycles. The van der Waals surface area contributed by atoms with Gasteiger partial charge in [0.2, 0.25) is 4.38 Å². The lowest BCUT2D eigenvalue weighted by molar-refractivity contribution is 0.346. The molecule has 7 heteroatoms. The number of azide groups is 1. The largest absolute Gasteiger partial charge is 0.497 e. The van der Waals surface area contributed by atoms with Crippen LogP contribution in [0, 0.1) is 0 Å². The van der Waals surface area contributed by atoms with Crippen molar-refractivity contribution in [3.63, 3.8) is 0 Å². The smallest absolute Gasteiger partial charge is 0.224 e. The SMILES string of the molecule is CCOC(=S)Sc1cc(N=[N+]=[N-])cc(OC)c1. The molecule has 0 aliphatic heterocycles. The minimum atomic E-state index is 0.424. The summed E-state index contributed by atoms with van der Waals surface area (Å²) >= 11 is 6.30. The minimum Gasteiger partial charge on any atom is -0.497 e. The second kappa shape index (κ2) is 7.01. The van der Waals surface area contributed by atoms with Gasteiger partial charge in [0.15, 0.2) is 0 Å². The van der Waals surface area contributed by atoms with E-state index in [1.54, 1.807) is 25.3 Å². The Morgan fingerprint density at radius 3 is 2.88 bits per heavy atom. The van der Waals surface area contributed by atoms with Gasteiger partial charge in [-0.25, -0.2) is 0 Å². The van der Waals surface area contributed by atoms with E-state index in [0.29, 0.717) is 22.4 Å². The lowest BCUT2D eigenvalue weighted by Crippen LogP contribution is -1.95. The van der Waals surface area contributed by atoms with Gasteiger partial charge in [0, 0.05) is 15.5 Å². The van der Waals surface area contributed by atoms with Crippen molar-refractivity contribution in [3.8, 4) is 5.75 Å². The molecule has 0 amide bonds. The van der Waals surface area contributed by atoms with Crippen molar-refractivity contribution in [3.05, 3.63) is 28.6 Å². The van der Waals surface area contributed by atoms with Crippen LogP contribution in [0.25, 0.3) is 10.4 Å². The summed E-state index contributed by atoms with van der Waals surface area (Å²) in [5.74, 6) is 0.608. The van der Waals surface area contributed by atoms with Gasteiger partial charge in [0.05, 0.1) is 13.7 Å². The van der Waals surface area contributed by atoms with Crippen LogP contribution in [0.15, 0.2) is 28.2 Å². The third-order valence-electron chi connectivity index (χ3n) is 1.72. The van der Waals surface area contributed by atoms with E-state index < -0.39 is 0 Å². The number of thioether (sulfide) groups is 1. The maximum absolute atomic E-state index is 8.40. The predicted octanol–water partition coefficient (Wildman–Crippen LogP) is 4.05. The van der Waals surface area contributed by atoms with Gasteiger partial charge in [0.25, 0.3) is 0 Å².